The van der Waals surface area contributed by atoms with E-state index in [-0.39, 0.29) is 0 Å². The van der Waals surface area contributed by atoms with Gasteiger partial charge in [-0.05, 0) is 31.1 Å². The molecule has 2 N–H and O–H groups in total. The summed E-state index contributed by atoms with van der Waals surface area (Å²) in [6, 6.07) is 0.495. The summed E-state index contributed by atoms with van der Waals surface area (Å²) in [4.78, 5) is 0. The molecule has 0 spiro atoms. The van der Waals surface area contributed by atoms with Gasteiger partial charge in [0.15, 0.2) is 0 Å². The van der Waals surface area contributed by atoms with Crippen molar-refractivity contribution in [1.82, 2.24) is 0 Å². The molecule has 0 bridgehead atoms. The van der Waals surface area contributed by atoms with Gasteiger partial charge >= 0.3 is 0 Å². The highest BCUT2D eigenvalue weighted by molar-refractivity contribution is 4.93. The van der Waals surface area contributed by atoms with Crippen molar-refractivity contribution in [2.24, 2.45) is 11.1 Å². The summed E-state index contributed by atoms with van der Waals surface area (Å²) in [5, 5.41) is 0. The second-order valence-corrected chi connectivity index (χ2v) is 5.03. The van der Waals surface area contributed by atoms with Gasteiger partial charge in [0.1, 0.15) is 0 Å². The van der Waals surface area contributed by atoms with E-state index in [1.54, 1.807) is 0 Å². The SMILES string of the molecule is CCCCCCC1(CC)CCCC1N. The zero-order valence-corrected chi connectivity index (χ0v) is 10.0. The summed E-state index contributed by atoms with van der Waals surface area (Å²) in [5.41, 5.74) is 6.76. The van der Waals surface area contributed by atoms with Gasteiger partial charge in [0.25, 0.3) is 0 Å². The van der Waals surface area contributed by atoms with E-state index in [0.29, 0.717) is 11.5 Å². The van der Waals surface area contributed by atoms with Crippen LogP contribution in [0, 0.1) is 5.41 Å². The normalized spacial score (nSPS) is 32.4. The lowest BCUT2D eigenvalue weighted by atomic mass is 9.76. The molecule has 2 atom stereocenters. The number of unbranched alkanes of at least 4 members (excludes halogenated alkanes) is 3. The Morgan fingerprint density at radius 1 is 1.21 bits per heavy atom. The van der Waals surface area contributed by atoms with Crippen LogP contribution in [-0.4, -0.2) is 6.04 Å². The third-order valence-corrected chi connectivity index (χ3v) is 4.21. The molecule has 84 valence electrons. The third-order valence-electron chi connectivity index (χ3n) is 4.21. The summed E-state index contributed by atoms with van der Waals surface area (Å²) < 4.78 is 0. The van der Waals surface area contributed by atoms with E-state index < -0.39 is 0 Å². The lowest BCUT2D eigenvalue weighted by molar-refractivity contribution is 0.218. The van der Waals surface area contributed by atoms with Gasteiger partial charge in [0, 0.05) is 6.04 Å². The van der Waals surface area contributed by atoms with Crippen LogP contribution >= 0.6 is 0 Å². The molecular weight excluding hydrogens is 170 g/mol. The first-order valence-electron chi connectivity index (χ1n) is 6.51. The Kier molecular flexibility index (Phi) is 4.94. The van der Waals surface area contributed by atoms with Gasteiger partial charge in [-0.2, -0.15) is 0 Å². The second-order valence-electron chi connectivity index (χ2n) is 5.03. The Morgan fingerprint density at radius 3 is 2.50 bits per heavy atom. The minimum absolute atomic E-state index is 0.495. The van der Waals surface area contributed by atoms with Crippen molar-refractivity contribution in [3.8, 4) is 0 Å². The second kappa shape index (κ2) is 5.75. The van der Waals surface area contributed by atoms with Crippen LogP contribution in [0.2, 0.25) is 0 Å². The van der Waals surface area contributed by atoms with Crippen molar-refractivity contribution >= 4 is 0 Å². The van der Waals surface area contributed by atoms with Gasteiger partial charge in [-0.1, -0.05) is 46.0 Å². The van der Waals surface area contributed by atoms with Crippen LogP contribution < -0.4 is 5.73 Å². The maximum atomic E-state index is 6.24. The Hall–Kier alpha value is -0.0400. The highest BCUT2D eigenvalue weighted by Crippen LogP contribution is 2.44. The summed E-state index contributed by atoms with van der Waals surface area (Å²) in [7, 11) is 0. The molecule has 0 heterocycles. The molecule has 0 aliphatic heterocycles. The first kappa shape index (κ1) is 12.0. The highest BCUT2D eigenvalue weighted by atomic mass is 14.7. The summed E-state index contributed by atoms with van der Waals surface area (Å²) >= 11 is 0. The highest BCUT2D eigenvalue weighted by Gasteiger charge is 2.38. The summed E-state index contributed by atoms with van der Waals surface area (Å²) in [6.07, 6.45) is 12.2. The zero-order valence-electron chi connectivity index (χ0n) is 10.0. The van der Waals surface area contributed by atoms with Gasteiger partial charge in [-0.15, -0.1) is 0 Å². The molecule has 0 amide bonds. The fourth-order valence-electron chi connectivity index (χ4n) is 3.00. The minimum Gasteiger partial charge on any atom is -0.327 e. The molecule has 14 heavy (non-hydrogen) atoms. The van der Waals surface area contributed by atoms with Crippen LogP contribution in [0.3, 0.4) is 0 Å². The van der Waals surface area contributed by atoms with Gasteiger partial charge < -0.3 is 5.73 Å². The van der Waals surface area contributed by atoms with E-state index in [1.807, 2.05) is 0 Å². The molecule has 1 fully saturated rings. The number of hydrogen-bond donors (Lipinski definition) is 1. The monoisotopic (exact) mass is 197 g/mol. The van der Waals surface area contributed by atoms with E-state index in [9.17, 15) is 0 Å². The number of rotatable bonds is 6. The molecule has 2 unspecified atom stereocenters. The fraction of sp³-hybridized carbons (Fsp3) is 1.00. The largest absolute Gasteiger partial charge is 0.327 e. The van der Waals surface area contributed by atoms with Crippen molar-refractivity contribution in [2.45, 2.75) is 77.7 Å². The lowest BCUT2D eigenvalue weighted by Gasteiger charge is -2.32. The molecule has 0 aromatic rings. The Bertz CT molecular complexity index is 155. The average Bonchev–Trinajstić information content (AvgIpc) is 2.56. The number of nitrogens with two attached hydrogens (primary N) is 1. The van der Waals surface area contributed by atoms with Gasteiger partial charge in [0.2, 0.25) is 0 Å². The third kappa shape index (κ3) is 2.73. The quantitative estimate of drug-likeness (QED) is 0.643. The Labute approximate surface area is 89.5 Å². The topological polar surface area (TPSA) is 26.0 Å². The number of hydrogen-bond acceptors (Lipinski definition) is 1. The molecule has 1 rings (SSSR count). The molecule has 0 radical (unpaired) electrons. The zero-order chi connectivity index (χ0) is 10.4. The van der Waals surface area contributed by atoms with E-state index in [0.717, 1.165) is 0 Å². The van der Waals surface area contributed by atoms with Crippen LogP contribution in [0.4, 0.5) is 0 Å². The van der Waals surface area contributed by atoms with Crippen molar-refractivity contribution in [2.75, 3.05) is 0 Å². The maximum absolute atomic E-state index is 6.24. The summed E-state index contributed by atoms with van der Waals surface area (Å²) in [5.74, 6) is 0. The molecular formula is C13H27N. The van der Waals surface area contributed by atoms with Crippen molar-refractivity contribution in [1.29, 1.82) is 0 Å². The molecule has 1 aliphatic carbocycles. The Morgan fingerprint density at radius 2 is 2.00 bits per heavy atom. The van der Waals surface area contributed by atoms with Crippen molar-refractivity contribution in [3.63, 3.8) is 0 Å². The maximum Gasteiger partial charge on any atom is 0.00954 e. The van der Waals surface area contributed by atoms with E-state index >= 15 is 0 Å². The molecule has 0 aromatic heterocycles. The predicted octanol–water partition coefficient (Wildman–Crippen LogP) is 3.86. The predicted molar refractivity (Wildman–Crippen MR) is 63.3 cm³/mol. The van der Waals surface area contributed by atoms with Crippen LogP contribution in [-0.2, 0) is 0 Å². The van der Waals surface area contributed by atoms with Crippen LogP contribution in [0.1, 0.15) is 71.6 Å². The smallest absolute Gasteiger partial charge is 0.00954 e. The summed E-state index contributed by atoms with van der Waals surface area (Å²) in [6.45, 7) is 4.60. The van der Waals surface area contributed by atoms with E-state index in [2.05, 4.69) is 13.8 Å². The minimum atomic E-state index is 0.495. The fourth-order valence-corrected chi connectivity index (χ4v) is 3.00. The average molecular weight is 197 g/mol. The molecule has 1 aliphatic rings. The first-order valence-corrected chi connectivity index (χ1v) is 6.51. The molecule has 0 aromatic carbocycles. The van der Waals surface area contributed by atoms with E-state index in [4.69, 9.17) is 5.73 Å². The molecule has 1 nitrogen and oxygen atoms in total. The van der Waals surface area contributed by atoms with Crippen molar-refractivity contribution in [3.05, 3.63) is 0 Å². The van der Waals surface area contributed by atoms with Crippen LogP contribution in [0.25, 0.3) is 0 Å². The van der Waals surface area contributed by atoms with Crippen LogP contribution in [0.15, 0.2) is 0 Å². The van der Waals surface area contributed by atoms with Gasteiger partial charge in [-0.3, -0.25) is 0 Å². The van der Waals surface area contributed by atoms with Crippen LogP contribution in [0.5, 0.6) is 0 Å². The molecule has 1 heteroatoms. The van der Waals surface area contributed by atoms with Gasteiger partial charge in [-0.25, -0.2) is 0 Å². The Balaban J connectivity index is 2.30. The lowest BCUT2D eigenvalue weighted by Crippen LogP contribution is -2.36. The molecule has 1 saturated carbocycles. The standard InChI is InChI=1S/C13H27N/c1-3-5-6-7-10-13(4-2)11-8-9-12(13)14/h12H,3-11,14H2,1-2H3. The molecule has 0 saturated heterocycles. The first-order chi connectivity index (χ1) is 6.75. The van der Waals surface area contributed by atoms with Crippen molar-refractivity contribution < 1.29 is 0 Å². The van der Waals surface area contributed by atoms with Gasteiger partial charge in [0.05, 0.1) is 0 Å². The van der Waals surface area contributed by atoms with E-state index in [1.165, 1.54) is 57.8 Å².